The first-order valence-corrected chi connectivity index (χ1v) is 26.4. The summed E-state index contributed by atoms with van der Waals surface area (Å²) in [6.45, 7) is -3.42. The van der Waals surface area contributed by atoms with Gasteiger partial charge in [0.25, 0.3) is 0 Å². The average molecular weight is 1220 g/mol. The Kier molecular flexibility index (Phi) is 25.8. The van der Waals surface area contributed by atoms with E-state index in [1.165, 1.54) is 6.92 Å². The predicted molar refractivity (Wildman–Crippen MR) is 256 cm³/mol. The number of ether oxygens (including phenoxy) is 12. The normalized spacial score (nSPS) is 46.8. The lowest BCUT2D eigenvalue weighted by molar-refractivity contribution is -0.383. The summed E-state index contributed by atoms with van der Waals surface area (Å²) in [6.07, 6.45) is -61.9. The maximum Gasteiger partial charge on any atom is 0.217 e. The fraction of sp³-hybridized carbons (Fsp3) is 0.957. The van der Waals surface area contributed by atoms with E-state index in [0.29, 0.717) is 0 Å². The van der Waals surface area contributed by atoms with Gasteiger partial charge in [-0.2, -0.15) is 0 Å². The van der Waals surface area contributed by atoms with Crippen LogP contribution in [-0.2, 0) is 66.4 Å². The zero-order chi connectivity index (χ0) is 61.6. The number of carbonyl (C=O) groups is 2. The molecule has 0 aromatic heterocycles. The molecule has 6 aliphatic rings. The molecule has 6 rings (SSSR count). The molecule has 37 nitrogen and oxygen atoms in total. The summed E-state index contributed by atoms with van der Waals surface area (Å²) in [5, 5.41) is 230. The molecule has 37 heteroatoms. The van der Waals surface area contributed by atoms with Gasteiger partial charge >= 0.3 is 0 Å². The van der Waals surface area contributed by atoms with E-state index < -0.39 is 267 Å². The Morgan fingerprint density at radius 2 is 0.867 bits per heavy atom. The average Bonchev–Trinajstić information content (AvgIpc) is 3.64. The second-order valence-corrected chi connectivity index (χ2v) is 20.9. The predicted octanol–water partition coefficient (Wildman–Crippen LogP) is -15.3. The number of aliphatic hydroxyl groups excluding tert-OH is 21. The van der Waals surface area contributed by atoms with Crippen molar-refractivity contribution in [3.63, 3.8) is 0 Å². The molecule has 23 N–H and O–H groups in total. The standard InChI is InChI=1S/C46H80N2O35/c1-11-22(56)29(63)33(67)42(75-11)72-8-15(55)38(23(57)14(4-49)47-12(2)53)81-41-21(48-13(3)54)28(62)39(18(7-52)78-41)82-46-37(71)40(83-45-36(70)31(65)25(59)17(6-51)77-45)27(61)20(80-46)10-74-44-35(69)32(66)26(60)19(79-44)9-73-43-34(68)30(64)24(58)16(5-50)76-43/h11,14-46,49-52,55-71H,4-10H2,1-3H3,(H,47,53)(H,48,54)/t11-,14-,15+,16+,17+,18+,19+,20+,21+,22+,23+,24+,25+,26+,27+,28+,29+,30-,31-,32-,33-,34-,35-,36-,37-,38+,39+,40-,41-,42+,43-,44-,45+,46-/m0/s1. The Morgan fingerprint density at radius 1 is 0.446 bits per heavy atom. The summed E-state index contributed by atoms with van der Waals surface area (Å²) in [7, 11) is 0. The lowest BCUT2D eigenvalue weighted by atomic mass is 9.94. The van der Waals surface area contributed by atoms with Crippen molar-refractivity contribution in [2.45, 2.75) is 229 Å². The third kappa shape index (κ3) is 16.1. The highest BCUT2D eigenvalue weighted by Crippen LogP contribution is 2.35. The molecule has 6 saturated heterocycles. The zero-order valence-electron chi connectivity index (χ0n) is 44.7. The van der Waals surface area contributed by atoms with E-state index in [0.717, 1.165) is 13.8 Å². The van der Waals surface area contributed by atoms with Crippen LogP contribution in [-0.4, -0.2) is 374 Å². The topological polar surface area (TPSA) is 594 Å². The first-order valence-electron chi connectivity index (χ1n) is 26.4. The minimum absolute atomic E-state index is 0.798. The summed E-state index contributed by atoms with van der Waals surface area (Å²) in [5.74, 6) is -1.72. The minimum atomic E-state index is -2.33. The van der Waals surface area contributed by atoms with Crippen LogP contribution in [0.2, 0.25) is 0 Å². The minimum Gasteiger partial charge on any atom is -0.394 e. The Bertz CT molecular complexity index is 1990. The maximum atomic E-state index is 12.8. The van der Waals surface area contributed by atoms with Gasteiger partial charge in [0.2, 0.25) is 11.8 Å². The van der Waals surface area contributed by atoms with E-state index in [-0.39, 0.29) is 0 Å². The molecule has 0 saturated carbocycles. The van der Waals surface area contributed by atoms with Gasteiger partial charge in [-0.05, 0) is 6.92 Å². The van der Waals surface area contributed by atoms with Crippen molar-refractivity contribution in [1.82, 2.24) is 10.6 Å². The molecule has 0 aliphatic carbocycles. The van der Waals surface area contributed by atoms with Crippen LogP contribution in [0.25, 0.3) is 0 Å². The molecule has 0 radical (unpaired) electrons. The van der Waals surface area contributed by atoms with E-state index in [4.69, 9.17) is 56.8 Å². The zero-order valence-corrected chi connectivity index (χ0v) is 44.7. The Balaban J connectivity index is 1.25. The summed E-state index contributed by atoms with van der Waals surface area (Å²) < 4.78 is 68.0. The molecule has 6 aliphatic heterocycles. The van der Waals surface area contributed by atoms with E-state index in [2.05, 4.69) is 10.6 Å². The number of carbonyl (C=O) groups excluding carboxylic acids is 2. The smallest absolute Gasteiger partial charge is 0.217 e. The monoisotopic (exact) mass is 1220 g/mol. The molecule has 0 unspecified atom stereocenters. The van der Waals surface area contributed by atoms with E-state index in [1.54, 1.807) is 0 Å². The van der Waals surface area contributed by atoms with Crippen molar-refractivity contribution in [3.8, 4) is 0 Å². The third-order valence-corrected chi connectivity index (χ3v) is 14.9. The summed E-state index contributed by atoms with van der Waals surface area (Å²) in [4.78, 5) is 24.9. The molecule has 484 valence electrons. The third-order valence-electron chi connectivity index (χ3n) is 14.9. The fourth-order valence-corrected chi connectivity index (χ4v) is 10.0. The van der Waals surface area contributed by atoms with Crippen LogP contribution in [0.3, 0.4) is 0 Å². The molecule has 83 heavy (non-hydrogen) atoms. The second kappa shape index (κ2) is 30.7. The van der Waals surface area contributed by atoms with Crippen molar-refractivity contribution in [2.75, 3.05) is 46.2 Å². The van der Waals surface area contributed by atoms with Gasteiger partial charge in [0.1, 0.15) is 159 Å². The molecule has 0 spiro atoms. The lowest BCUT2D eigenvalue weighted by Gasteiger charge is -2.49. The van der Waals surface area contributed by atoms with Crippen LogP contribution in [0.4, 0.5) is 0 Å². The summed E-state index contributed by atoms with van der Waals surface area (Å²) >= 11 is 0. The van der Waals surface area contributed by atoms with Crippen molar-refractivity contribution in [3.05, 3.63) is 0 Å². The van der Waals surface area contributed by atoms with Crippen molar-refractivity contribution in [1.29, 1.82) is 0 Å². The van der Waals surface area contributed by atoms with E-state index in [1.807, 2.05) is 0 Å². The molecule has 0 aromatic rings. The first-order chi connectivity index (χ1) is 39.1. The number of hydrogen-bond donors (Lipinski definition) is 23. The number of aliphatic hydroxyl groups is 21. The number of nitrogens with one attached hydrogen (secondary N) is 2. The Labute approximate surface area is 471 Å². The molecule has 0 bridgehead atoms. The molecule has 2 amide bonds. The SMILES string of the molecule is CC(=O)N[C@H]1[C@H](O[C@@H]([C@H](O)[C@H](CO)NC(C)=O)[C@H](O)CO[C@@H]2O[C@@H](C)[C@@H](O)[C@@H](O)[C@@H]2O)O[C@H](CO)[C@@H](O[C@@H]2O[C@H](CO[C@H]3O[C@H](CO[C@H]4O[C@H](CO)[C@@H](O)[C@H](O)[C@@H]4O)[C@@H](O)[C@H](O)[C@@H]3O)[C@@H](O)[C@H](O[C@H]3O[C@H](CO)[C@@H](O)[C@H](O)[C@@H]3O)[C@@H]2O)[C@@H]1O. The van der Waals surface area contributed by atoms with Gasteiger partial charge in [-0.1, -0.05) is 0 Å². The van der Waals surface area contributed by atoms with Crippen molar-refractivity contribution >= 4 is 11.8 Å². The molecular formula is C46H80N2O35. The maximum absolute atomic E-state index is 12.8. The quantitative estimate of drug-likeness (QED) is 0.0427. The van der Waals surface area contributed by atoms with Gasteiger partial charge in [-0.3, -0.25) is 9.59 Å². The fourth-order valence-electron chi connectivity index (χ4n) is 10.0. The van der Waals surface area contributed by atoms with Crippen LogP contribution in [0.1, 0.15) is 20.8 Å². The van der Waals surface area contributed by atoms with Gasteiger partial charge in [-0.25, -0.2) is 0 Å². The van der Waals surface area contributed by atoms with E-state index >= 15 is 0 Å². The molecule has 34 atom stereocenters. The van der Waals surface area contributed by atoms with Crippen LogP contribution in [0, 0.1) is 0 Å². The lowest BCUT2D eigenvalue weighted by Crippen LogP contribution is -2.69. The van der Waals surface area contributed by atoms with Gasteiger partial charge in [0.15, 0.2) is 37.7 Å². The van der Waals surface area contributed by atoms with Crippen LogP contribution in [0.5, 0.6) is 0 Å². The van der Waals surface area contributed by atoms with Gasteiger partial charge in [0, 0.05) is 13.8 Å². The number of hydrogen-bond acceptors (Lipinski definition) is 35. The van der Waals surface area contributed by atoms with Gasteiger partial charge in [-0.15, -0.1) is 0 Å². The van der Waals surface area contributed by atoms with Crippen molar-refractivity contribution in [2.24, 2.45) is 0 Å². The van der Waals surface area contributed by atoms with Gasteiger partial charge in [0.05, 0.1) is 58.4 Å². The Hall–Kier alpha value is -2.38. The molecule has 6 heterocycles. The molecular weight excluding hydrogens is 1140 g/mol. The highest BCUT2D eigenvalue weighted by Gasteiger charge is 2.56. The van der Waals surface area contributed by atoms with Crippen molar-refractivity contribution < 1.29 is 174 Å². The second-order valence-electron chi connectivity index (χ2n) is 20.9. The first kappa shape index (κ1) is 69.7. The van der Waals surface area contributed by atoms with Crippen LogP contribution in [0.15, 0.2) is 0 Å². The van der Waals surface area contributed by atoms with Crippen LogP contribution >= 0.6 is 0 Å². The Morgan fingerprint density at radius 3 is 1.37 bits per heavy atom. The summed E-state index contributed by atoms with van der Waals surface area (Å²) in [6, 6.07) is -3.55. The van der Waals surface area contributed by atoms with E-state index in [9.17, 15) is 117 Å². The summed E-state index contributed by atoms with van der Waals surface area (Å²) in [5.41, 5.74) is 0. The number of amides is 2. The molecule has 6 fully saturated rings. The van der Waals surface area contributed by atoms with Gasteiger partial charge < -0.3 is 175 Å². The number of rotatable bonds is 24. The molecule has 0 aromatic carbocycles. The highest BCUT2D eigenvalue weighted by molar-refractivity contribution is 5.73. The largest absolute Gasteiger partial charge is 0.394 e. The van der Waals surface area contributed by atoms with Crippen LogP contribution < -0.4 is 10.6 Å². The highest BCUT2D eigenvalue weighted by atomic mass is 16.8.